The summed E-state index contributed by atoms with van der Waals surface area (Å²) in [5.74, 6) is -0.0294. The summed E-state index contributed by atoms with van der Waals surface area (Å²) in [5, 5.41) is 7.25. The standard InChI is InChI=1S/C9H14ClN3O/c1-2-3-4-11-9(14)7-13-6-8(10)5-12-13/h5-6H,2-4,7H2,1H3,(H,11,14). The van der Waals surface area contributed by atoms with Crippen LogP contribution in [0.15, 0.2) is 12.4 Å². The lowest BCUT2D eigenvalue weighted by Gasteiger charge is -2.03. The van der Waals surface area contributed by atoms with Gasteiger partial charge in [-0.3, -0.25) is 9.48 Å². The number of amides is 1. The van der Waals surface area contributed by atoms with Gasteiger partial charge in [-0.05, 0) is 6.42 Å². The topological polar surface area (TPSA) is 46.9 Å². The molecule has 0 spiro atoms. The van der Waals surface area contributed by atoms with Gasteiger partial charge in [0.05, 0.1) is 11.2 Å². The van der Waals surface area contributed by atoms with E-state index in [1.165, 1.54) is 10.9 Å². The van der Waals surface area contributed by atoms with E-state index in [1.54, 1.807) is 6.20 Å². The summed E-state index contributed by atoms with van der Waals surface area (Å²) in [4.78, 5) is 11.3. The third-order valence-corrected chi connectivity index (χ3v) is 1.96. The summed E-state index contributed by atoms with van der Waals surface area (Å²) in [5.41, 5.74) is 0. The van der Waals surface area contributed by atoms with Gasteiger partial charge in [0, 0.05) is 12.7 Å². The Kier molecular flexibility index (Phi) is 4.46. The second kappa shape index (κ2) is 5.65. The van der Waals surface area contributed by atoms with Gasteiger partial charge in [0.25, 0.3) is 0 Å². The minimum atomic E-state index is -0.0294. The van der Waals surface area contributed by atoms with Gasteiger partial charge >= 0.3 is 0 Å². The molecule has 1 amide bonds. The number of halogens is 1. The van der Waals surface area contributed by atoms with Gasteiger partial charge in [0.15, 0.2) is 0 Å². The van der Waals surface area contributed by atoms with Crippen molar-refractivity contribution in [1.82, 2.24) is 15.1 Å². The molecule has 5 heteroatoms. The first-order chi connectivity index (χ1) is 6.72. The molecule has 0 fully saturated rings. The molecule has 14 heavy (non-hydrogen) atoms. The fourth-order valence-electron chi connectivity index (χ4n) is 1.03. The molecule has 0 bridgehead atoms. The second-order valence-electron chi connectivity index (χ2n) is 3.06. The Hall–Kier alpha value is -1.03. The summed E-state index contributed by atoms with van der Waals surface area (Å²) in [6, 6.07) is 0. The van der Waals surface area contributed by atoms with Crippen molar-refractivity contribution in [3.8, 4) is 0 Å². The van der Waals surface area contributed by atoms with Crippen molar-refractivity contribution in [3.05, 3.63) is 17.4 Å². The van der Waals surface area contributed by atoms with E-state index in [0.717, 1.165) is 19.4 Å². The molecule has 0 aliphatic rings. The van der Waals surface area contributed by atoms with Crippen LogP contribution in [0.4, 0.5) is 0 Å². The van der Waals surface area contributed by atoms with Crippen molar-refractivity contribution in [2.24, 2.45) is 0 Å². The Morgan fingerprint density at radius 1 is 1.71 bits per heavy atom. The smallest absolute Gasteiger partial charge is 0.241 e. The molecule has 0 aliphatic heterocycles. The number of unbranched alkanes of at least 4 members (excludes halogenated alkanes) is 1. The highest BCUT2D eigenvalue weighted by Crippen LogP contribution is 2.03. The van der Waals surface area contributed by atoms with Crippen LogP contribution in [-0.2, 0) is 11.3 Å². The summed E-state index contributed by atoms with van der Waals surface area (Å²) in [7, 11) is 0. The molecular weight excluding hydrogens is 202 g/mol. The molecule has 0 unspecified atom stereocenters. The fourth-order valence-corrected chi connectivity index (χ4v) is 1.19. The first-order valence-corrected chi connectivity index (χ1v) is 5.05. The minimum Gasteiger partial charge on any atom is -0.354 e. The predicted molar refractivity (Wildman–Crippen MR) is 55.2 cm³/mol. The van der Waals surface area contributed by atoms with E-state index in [0.29, 0.717) is 5.02 Å². The van der Waals surface area contributed by atoms with Gasteiger partial charge in [-0.25, -0.2) is 0 Å². The maximum atomic E-state index is 11.3. The lowest BCUT2D eigenvalue weighted by molar-refractivity contribution is -0.121. The first-order valence-electron chi connectivity index (χ1n) is 4.67. The fraction of sp³-hybridized carbons (Fsp3) is 0.556. The number of carbonyl (C=O) groups excluding carboxylic acids is 1. The van der Waals surface area contributed by atoms with Crippen LogP contribution in [-0.4, -0.2) is 22.2 Å². The Bertz CT molecular complexity index is 298. The molecule has 1 aromatic rings. The maximum Gasteiger partial charge on any atom is 0.241 e. The number of nitrogens with one attached hydrogen (secondary N) is 1. The number of hydrogen-bond donors (Lipinski definition) is 1. The van der Waals surface area contributed by atoms with E-state index in [-0.39, 0.29) is 12.5 Å². The van der Waals surface area contributed by atoms with Gasteiger partial charge < -0.3 is 5.32 Å². The van der Waals surface area contributed by atoms with Crippen LogP contribution >= 0.6 is 11.6 Å². The molecule has 0 radical (unpaired) electrons. The van der Waals surface area contributed by atoms with Crippen molar-refractivity contribution in [2.75, 3.05) is 6.54 Å². The zero-order valence-electron chi connectivity index (χ0n) is 8.16. The Morgan fingerprint density at radius 2 is 2.50 bits per heavy atom. The lowest BCUT2D eigenvalue weighted by Crippen LogP contribution is -2.28. The van der Waals surface area contributed by atoms with E-state index in [1.807, 2.05) is 0 Å². The van der Waals surface area contributed by atoms with Crippen LogP contribution in [0.2, 0.25) is 5.02 Å². The van der Waals surface area contributed by atoms with Crippen LogP contribution in [0.1, 0.15) is 19.8 Å². The van der Waals surface area contributed by atoms with Crippen LogP contribution in [0.5, 0.6) is 0 Å². The van der Waals surface area contributed by atoms with Crippen LogP contribution in [0.3, 0.4) is 0 Å². The second-order valence-corrected chi connectivity index (χ2v) is 3.50. The van der Waals surface area contributed by atoms with Gasteiger partial charge in [0.2, 0.25) is 5.91 Å². The summed E-state index contributed by atoms with van der Waals surface area (Å²) in [6.45, 7) is 3.04. The predicted octanol–water partition coefficient (Wildman–Crippen LogP) is 1.45. The molecule has 1 N–H and O–H groups in total. The van der Waals surface area contributed by atoms with Gasteiger partial charge in [-0.15, -0.1) is 0 Å². The monoisotopic (exact) mass is 215 g/mol. The molecule has 1 heterocycles. The first kappa shape index (κ1) is 11.0. The van der Waals surface area contributed by atoms with Crippen LogP contribution in [0, 0.1) is 0 Å². The molecule has 0 atom stereocenters. The van der Waals surface area contributed by atoms with Gasteiger partial charge in [-0.2, -0.15) is 5.10 Å². The number of aromatic nitrogens is 2. The summed E-state index contributed by atoms with van der Waals surface area (Å²) < 4.78 is 1.52. The number of carbonyl (C=O) groups is 1. The Morgan fingerprint density at radius 3 is 3.07 bits per heavy atom. The third kappa shape index (κ3) is 3.79. The minimum absolute atomic E-state index is 0.0294. The largest absolute Gasteiger partial charge is 0.354 e. The van der Waals surface area contributed by atoms with E-state index in [2.05, 4.69) is 17.3 Å². The highest BCUT2D eigenvalue weighted by molar-refractivity contribution is 6.30. The maximum absolute atomic E-state index is 11.3. The molecular formula is C9H14ClN3O. The van der Waals surface area contributed by atoms with E-state index >= 15 is 0 Å². The van der Waals surface area contributed by atoms with Crippen LogP contribution < -0.4 is 5.32 Å². The molecule has 78 valence electrons. The van der Waals surface area contributed by atoms with E-state index in [4.69, 9.17) is 11.6 Å². The van der Waals surface area contributed by atoms with Crippen molar-refractivity contribution in [3.63, 3.8) is 0 Å². The lowest BCUT2D eigenvalue weighted by atomic mass is 10.3. The Labute approximate surface area is 88.2 Å². The van der Waals surface area contributed by atoms with E-state index in [9.17, 15) is 4.79 Å². The van der Waals surface area contributed by atoms with Crippen molar-refractivity contribution < 1.29 is 4.79 Å². The third-order valence-electron chi connectivity index (χ3n) is 1.76. The highest BCUT2D eigenvalue weighted by Gasteiger charge is 2.02. The molecule has 0 aliphatic carbocycles. The summed E-state index contributed by atoms with van der Waals surface area (Å²) >= 11 is 5.66. The molecule has 1 aromatic heterocycles. The quantitative estimate of drug-likeness (QED) is 0.756. The van der Waals surface area contributed by atoms with Crippen molar-refractivity contribution >= 4 is 17.5 Å². The molecule has 0 saturated heterocycles. The van der Waals surface area contributed by atoms with Gasteiger partial charge in [0.1, 0.15) is 6.54 Å². The van der Waals surface area contributed by atoms with Crippen LogP contribution in [0.25, 0.3) is 0 Å². The zero-order chi connectivity index (χ0) is 10.4. The Balaban J connectivity index is 2.27. The molecule has 0 aromatic carbocycles. The molecule has 1 rings (SSSR count). The van der Waals surface area contributed by atoms with E-state index < -0.39 is 0 Å². The normalized spacial score (nSPS) is 10.1. The average molecular weight is 216 g/mol. The number of hydrogen-bond acceptors (Lipinski definition) is 2. The highest BCUT2D eigenvalue weighted by atomic mass is 35.5. The number of nitrogens with zero attached hydrogens (tertiary/aromatic N) is 2. The van der Waals surface area contributed by atoms with Crippen molar-refractivity contribution in [2.45, 2.75) is 26.3 Å². The van der Waals surface area contributed by atoms with Crippen molar-refractivity contribution in [1.29, 1.82) is 0 Å². The molecule has 0 saturated carbocycles. The SMILES string of the molecule is CCCCNC(=O)Cn1cc(Cl)cn1. The zero-order valence-corrected chi connectivity index (χ0v) is 8.92. The number of rotatable bonds is 5. The van der Waals surface area contributed by atoms with Gasteiger partial charge in [-0.1, -0.05) is 24.9 Å². The average Bonchev–Trinajstić information content (AvgIpc) is 2.52. The summed E-state index contributed by atoms with van der Waals surface area (Å²) in [6.07, 6.45) is 5.22. The molecule has 4 nitrogen and oxygen atoms in total.